The predicted molar refractivity (Wildman–Crippen MR) is 98.6 cm³/mol. The van der Waals surface area contributed by atoms with Crippen LogP contribution < -0.4 is 10.2 Å². The van der Waals surface area contributed by atoms with Gasteiger partial charge in [-0.2, -0.15) is 5.26 Å². The summed E-state index contributed by atoms with van der Waals surface area (Å²) in [5.74, 6) is -0.913. The van der Waals surface area contributed by atoms with Gasteiger partial charge in [0, 0.05) is 24.5 Å². The van der Waals surface area contributed by atoms with Crippen LogP contribution in [0.4, 0.5) is 15.8 Å². The van der Waals surface area contributed by atoms with Gasteiger partial charge in [-0.15, -0.1) is 0 Å². The topological polar surface area (TPSA) is 56.1 Å². The molecule has 0 atom stereocenters. The molecule has 4 nitrogen and oxygen atoms in total. The summed E-state index contributed by atoms with van der Waals surface area (Å²) < 4.78 is 12.9. The molecule has 0 aliphatic rings. The average molecular weight is 337 g/mol. The smallest absolute Gasteiger partial charge is 0.266 e. The molecule has 128 valence electrons. The molecule has 0 saturated heterocycles. The van der Waals surface area contributed by atoms with E-state index in [-0.39, 0.29) is 11.4 Å². The van der Waals surface area contributed by atoms with Crippen molar-refractivity contribution >= 4 is 23.4 Å². The van der Waals surface area contributed by atoms with Gasteiger partial charge in [-0.3, -0.25) is 4.79 Å². The lowest BCUT2D eigenvalue weighted by Crippen LogP contribution is -2.21. The van der Waals surface area contributed by atoms with Crippen molar-refractivity contribution in [3.63, 3.8) is 0 Å². The molecule has 2 aromatic carbocycles. The number of amides is 1. The minimum absolute atomic E-state index is 0.0140. The number of carbonyl (C=O) groups excluding carboxylic acids is 1. The fraction of sp³-hybridized carbons (Fsp3) is 0.200. The quantitative estimate of drug-likeness (QED) is 0.634. The second kappa shape index (κ2) is 8.65. The maximum absolute atomic E-state index is 12.9. The summed E-state index contributed by atoms with van der Waals surface area (Å²) >= 11 is 0. The molecule has 0 heterocycles. The number of nitrogens with one attached hydrogen (secondary N) is 1. The van der Waals surface area contributed by atoms with Gasteiger partial charge in [0.25, 0.3) is 5.91 Å². The van der Waals surface area contributed by atoms with Gasteiger partial charge in [-0.25, -0.2) is 4.39 Å². The Morgan fingerprint density at radius 1 is 1.12 bits per heavy atom. The lowest BCUT2D eigenvalue weighted by molar-refractivity contribution is -0.112. The molecule has 0 radical (unpaired) electrons. The van der Waals surface area contributed by atoms with Gasteiger partial charge in [-0.1, -0.05) is 12.1 Å². The van der Waals surface area contributed by atoms with E-state index in [1.54, 1.807) is 0 Å². The molecule has 0 unspecified atom stereocenters. The van der Waals surface area contributed by atoms with E-state index < -0.39 is 5.91 Å². The summed E-state index contributed by atoms with van der Waals surface area (Å²) in [7, 11) is 0. The Kier molecular flexibility index (Phi) is 6.30. The fourth-order valence-corrected chi connectivity index (χ4v) is 2.42. The number of nitriles is 1. The highest BCUT2D eigenvalue weighted by molar-refractivity contribution is 6.09. The Morgan fingerprint density at radius 3 is 2.24 bits per heavy atom. The molecule has 0 aromatic heterocycles. The Hall–Kier alpha value is -3.13. The van der Waals surface area contributed by atoms with Crippen LogP contribution in [0.15, 0.2) is 54.1 Å². The first-order valence-electron chi connectivity index (χ1n) is 8.11. The minimum atomic E-state index is -0.526. The Balaban J connectivity index is 2.14. The first kappa shape index (κ1) is 18.2. The van der Waals surface area contributed by atoms with Gasteiger partial charge >= 0.3 is 0 Å². The predicted octanol–water partition coefficient (Wildman–Crippen LogP) is 4.22. The van der Waals surface area contributed by atoms with E-state index in [1.807, 2.05) is 30.3 Å². The average Bonchev–Trinajstić information content (AvgIpc) is 2.63. The third-order valence-corrected chi connectivity index (χ3v) is 3.80. The van der Waals surface area contributed by atoms with Crippen molar-refractivity contribution in [2.75, 3.05) is 23.3 Å². The maximum atomic E-state index is 12.9. The number of halogens is 1. The van der Waals surface area contributed by atoms with Crippen molar-refractivity contribution in [3.8, 4) is 6.07 Å². The van der Waals surface area contributed by atoms with Crippen LogP contribution in [0.3, 0.4) is 0 Å². The molecule has 0 aliphatic carbocycles. The molecular weight excluding hydrogens is 317 g/mol. The monoisotopic (exact) mass is 337 g/mol. The molecule has 25 heavy (non-hydrogen) atoms. The highest BCUT2D eigenvalue weighted by atomic mass is 19.1. The van der Waals surface area contributed by atoms with Gasteiger partial charge in [-0.05, 0) is 61.9 Å². The van der Waals surface area contributed by atoms with Crippen LogP contribution in [0.1, 0.15) is 19.4 Å². The van der Waals surface area contributed by atoms with Crippen LogP contribution in [0.2, 0.25) is 0 Å². The summed E-state index contributed by atoms with van der Waals surface area (Å²) in [6.07, 6.45) is 1.53. The maximum Gasteiger partial charge on any atom is 0.266 e. The van der Waals surface area contributed by atoms with Crippen molar-refractivity contribution in [1.29, 1.82) is 5.26 Å². The highest BCUT2D eigenvalue weighted by Gasteiger charge is 2.10. The van der Waals surface area contributed by atoms with Gasteiger partial charge < -0.3 is 10.2 Å². The first-order chi connectivity index (χ1) is 12.1. The summed E-state index contributed by atoms with van der Waals surface area (Å²) in [5, 5.41) is 11.8. The molecule has 1 N–H and O–H groups in total. The Bertz CT molecular complexity index is 785. The Labute approximate surface area is 147 Å². The second-order valence-electron chi connectivity index (χ2n) is 5.39. The summed E-state index contributed by atoms with van der Waals surface area (Å²) in [4.78, 5) is 14.4. The number of benzene rings is 2. The van der Waals surface area contributed by atoms with Crippen molar-refractivity contribution in [2.24, 2.45) is 0 Å². The molecule has 0 bridgehead atoms. The zero-order valence-corrected chi connectivity index (χ0v) is 14.3. The summed E-state index contributed by atoms with van der Waals surface area (Å²) in [6.45, 7) is 6.00. The highest BCUT2D eigenvalue weighted by Crippen LogP contribution is 2.17. The molecule has 2 aromatic rings. The van der Waals surface area contributed by atoms with E-state index >= 15 is 0 Å². The molecule has 1 amide bonds. The molecule has 0 saturated carbocycles. The van der Waals surface area contributed by atoms with Crippen LogP contribution in [-0.4, -0.2) is 19.0 Å². The van der Waals surface area contributed by atoms with Gasteiger partial charge in [0.15, 0.2) is 0 Å². The van der Waals surface area contributed by atoms with Crippen molar-refractivity contribution in [3.05, 3.63) is 65.5 Å². The van der Waals surface area contributed by atoms with Gasteiger partial charge in [0.2, 0.25) is 0 Å². The van der Waals surface area contributed by atoms with Crippen molar-refractivity contribution in [2.45, 2.75) is 13.8 Å². The van der Waals surface area contributed by atoms with Gasteiger partial charge in [0.1, 0.15) is 17.5 Å². The van der Waals surface area contributed by atoms with Crippen LogP contribution in [0, 0.1) is 17.1 Å². The minimum Gasteiger partial charge on any atom is -0.372 e. The standard InChI is InChI=1S/C20H20FN3O/c1-3-24(4-2)19-11-5-15(6-12-19)13-16(14-22)20(25)23-18-9-7-17(21)8-10-18/h5-13H,3-4H2,1-2H3,(H,23,25)/b16-13+. The number of rotatable bonds is 6. The summed E-state index contributed by atoms with van der Waals surface area (Å²) in [5.41, 5.74) is 2.28. The lowest BCUT2D eigenvalue weighted by atomic mass is 10.1. The number of hydrogen-bond acceptors (Lipinski definition) is 3. The van der Waals surface area contributed by atoms with Crippen LogP contribution in [0.25, 0.3) is 6.08 Å². The van der Waals surface area contributed by atoms with E-state index in [9.17, 15) is 14.4 Å². The van der Waals surface area contributed by atoms with Crippen LogP contribution in [-0.2, 0) is 4.79 Å². The van der Waals surface area contributed by atoms with Crippen LogP contribution in [0.5, 0.6) is 0 Å². The van der Waals surface area contributed by atoms with Crippen molar-refractivity contribution in [1.82, 2.24) is 0 Å². The largest absolute Gasteiger partial charge is 0.372 e. The van der Waals surface area contributed by atoms with Gasteiger partial charge in [0.05, 0.1) is 0 Å². The van der Waals surface area contributed by atoms with E-state index in [1.165, 1.54) is 30.3 Å². The fourth-order valence-electron chi connectivity index (χ4n) is 2.42. The zero-order valence-electron chi connectivity index (χ0n) is 14.3. The number of nitrogens with zero attached hydrogens (tertiary/aromatic N) is 2. The molecule has 0 fully saturated rings. The van der Waals surface area contributed by atoms with E-state index in [2.05, 4.69) is 24.1 Å². The third kappa shape index (κ3) is 4.92. The third-order valence-electron chi connectivity index (χ3n) is 3.80. The van der Waals surface area contributed by atoms with Crippen LogP contribution >= 0.6 is 0 Å². The molecule has 2 rings (SSSR count). The van der Waals surface area contributed by atoms with Crippen molar-refractivity contribution < 1.29 is 9.18 Å². The normalized spacial score (nSPS) is 10.9. The second-order valence-corrected chi connectivity index (χ2v) is 5.39. The Morgan fingerprint density at radius 2 is 1.72 bits per heavy atom. The lowest BCUT2D eigenvalue weighted by Gasteiger charge is -2.20. The van der Waals surface area contributed by atoms with E-state index in [0.717, 1.165) is 24.3 Å². The summed E-state index contributed by atoms with van der Waals surface area (Å²) in [6, 6.07) is 15.0. The first-order valence-corrected chi connectivity index (χ1v) is 8.11. The SMILES string of the molecule is CCN(CC)c1ccc(/C=C(\C#N)C(=O)Nc2ccc(F)cc2)cc1. The molecule has 0 aliphatic heterocycles. The molecular formula is C20H20FN3O. The molecule has 0 spiro atoms. The zero-order chi connectivity index (χ0) is 18.2. The molecule has 5 heteroatoms. The van der Waals surface area contributed by atoms with E-state index in [4.69, 9.17) is 0 Å². The number of hydrogen-bond donors (Lipinski definition) is 1. The number of anilines is 2. The number of carbonyl (C=O) groups is 1. The van der Waals surface area contributed by atoms with E-state index in [0.29, 0.717) is 5.69 Å².